The second kappa shape index (κ2) is 6.78. The van der Waals surface area contributed by atoms with E-state index in [1.807, 2.05) is 12.1 Å². The van der Waals surface area contributed by atoms with Gasteiger partial charge in [-0.15, -0.1) is 0 Å². The van der Waals surface area contributed by atoms with E-state index in [4.69, 9.17) is 4.74 Å². The van der Waals surface area contributed by atoms with Gasteiger partial charge in [0.05, 0.1) is 0 Å². The molecule has 0 saturated heterocycles. The van der Waals surface area contributed by atoms with Crippen LogP contribution in [0.15, 0.2) is 24.3 Å². The van der Waals surface area contributed by atoms with Gasteiger partial charge in [-0.05, 0) is 59.0 Å². The van der Waals surface area contributed by atoms with Crippen molar-refractivity contribution in [3.05, 3.63) is 29.8 Å². The second-order valence-corrected chi connectivity index (χ2v) is 5.10. The summed E-state index contributed by atoms with van der Waals surface area (Å²) in [5.41, 5.74) is 1.15. The fourth-order valence-electron chi connectivity index (χ4n) is 2.32. The zero-order valence-corrected chi connectivity index (χ0v) is 11.9. The van der Waals surface area contributed by atoms with Crippen LogP contribution in [0.3, 0.4) is 0 Å². The molecule has 1 aliphatic rings. The quantitative estimate of drug-likeness (QED) is 0.847. The molecule has 1 fully saturated rings. The predicted molar refractivity (Wildman–Crippen MR) is 75.2 cm³/mol. The highest BCUT2D eigenvalue weighted by Crippen LogP contribution is 2.23. The Labute approximate surface area is 116 Å². The lowest BCUT2D eigenvalue weighted by Crippen LogP contribution is -2.28. The molecule has 0 spiro atoms. The van der Waals surface area contributed by atoms with Gasteiger partial charge in [0, 0.05) is 12.1 Å². The van der Waals surface area contributed by atoms with Crippen molar-refractivity contribution in [1.29, 1.82) is 0 Å². The molecule has 1 aromatic rings. The van der Waals surface area contributed by atoms with E-state index in [0.29, 0.717) is 17.0 Å². The number of nitrogens with one attached hydrogen (secondary N) is 1. The summed E-state index contributed by atoms with van der Waals surface area (Å²) < 4.78 is 5.27. The maximum Gasteiger partial charge on any atom is 0.251 e. The number of hydrogen-bond donors (Lipinski definition) is 1. The molecule has 0 aliphatic heterocycles. The van der Waals surface area contributed by atoms with Gasteiger partial charge in [-0.2, -0.15) is 0 Å². The fraction of sp³-hybridized carbons (Fsp3) is 0.500. The van der Waals surface area contributed by atoms with Crippen LogP contribution in [0.25, 0.3) is 0 Å². The molecular weight excluding hydrogens is 294 g/mol. The second-order valence-electron chi connectivity index (χ2n) is 4.64. The van der Waals surface area contributed by atoms with Crippen molar-refractivity contribution in [3.8, 4) is 5.75 Å². The Bertz CT molecular complexity index is 385. The molecule has 1 aliphatic carbocycles. The van der Waals surface area contributed by atoms with Crippen molar-refractivity contribution < 1.29 is 9.53 Å². The third-order valence-corrected chi connectivity index (χ3v) is 3.59. The smallest absolute Gasteiger partial charge is 0.251 e. The Kier molecular flexibility index (Phi) is 5.05. The van der Waals surface area contributed by atoms with Crippen LogP contribution in [-0.4, -0.2) is 18.0 Å². The standard InChI is InChI=1S/C14H18BrNO2/c15-10-18-13-7-5-12(6-8-13)14(17)16-9-11-3-1-2-4-11/h5-8,11H,1-4,9-10H2,(H,16,17). The lowest BCUT2D eigenvalue weighted by atomic mass is 10.1. The molecule has 0 aromatic heterocycles. The summed E-state index contributed by atoms with van der Waals surface area (Å²) >= 11 is 3.19. The summed E-state index contributed by atoms with van der Waals surface area (Å²) in [5.74, 6) is 1.44. The molecule has 3 nitrogen and oxygen atoms in total. The zero-order chi connectivity index (χ0) is 12.8. The van der Waals surface area contributed by atoms with E-state index in [2.05, 4.69) is 21.2 Å². The molecule has 2 rings (SSSR count). The Morgan fingerprint density at radius 3 is 2.56 bits per heavy atom. The normalized spacial score (nSPS) is 15.6. The van der Waals surface area contributed by atoms with Crippen LogP contribution in [0.1, 0.15) is 36.0 Å². The number of ether oxygens (including phenoxy) is 1. The SMILES string of the molecule is O=C(NCC1CCCC1)c1ccc(OCBr)cc1. The van der Waals surface area contributed by atoms with Gasteiger partial charge in [0.2, 0.25) is 0 Å². The minimum absolute atomic E-state index is 0.00675. The van der Waals surface area contributed by atoms with E-state index in [1.54, 1.807) is 12.1 Å². The molecule has 0 bridgehead atoms. The number of amides is 1. The maximum absolute atomic E-state index is 11.9. The van der Waals surface area contributed by atoms with Crippen molar-refractivity contribution >= 4 is 21.8 Å². The summed E-state index contributed by atoms with van der Waals surface area (Å²) in [7, 11) is 0. The Hall–Kier alpha value is -1.03. The van der Waals surface area contributed by atoms with Crippen LogP contribution in [-0.2, 0) is 0 Å². The molecule has 0 heterocycles. The van der Waals surface area contributed by atoms with Gasteiger partial charge in [-0.1, -0.05) is 12.8 Å². The molecule has 0 radical (unpaired) electrons. The number of rotatable bonds is 5. The van der Waals surface area contributed by atoms with Crippen molar-refractivity contribution in [2.75, 3.05) is 12.1 Å². The zero-order valence-electron chi connectivity index (χ0n) is 10.3. The number of hydrogen-bond acceptors (Lipinski definition) is 2. The van der Waals surface area contributed by atoms with Crippen LogP contribution < -0.4 is 10.1 Å². The third-order valence-electron chi connectivity index (χ3n) is 3.36. The van der Waals surface area contributed by atoms with Crippen LogP contribution in [0, 0.1) is 5.92 Å². The number of alkyl halides is 1. The topological polar surface area (TPSA) is 38.3 Å². The van der Waals surface area contributed by atoms with E-state index in [-0.39, 0.29) is 5.91 Å². The van der Waals surface area contributed by atoms with Crippen molar-refractivity contribution in [2.45, 2.75) is 25.7 Å². The fourth-order valence-corrected chi connectivity index (χ4v) is 2.58. The molecule has 4 heteroatoms. The Morgan fingerprint density at radius 2 is 1.94 bits per heavy atom. The van der Waals surface area contributed by atoms with Gasteiger partial charge in [0.1, 0.15) is 11.3 Å². The first kappa shape index (κ1) is 13.4. The minimum atomic E-state index is 0.00675. The summed E-state index contributed by atoms with van der Waals surface area (Å²) in [6, 6.07) is 7.21. The largest absolute Gasteiger partial charge is 0.482 e. The first-order valence-electron chi connectivity index (χ1n) is 6.36. The molecular formula is C14H18BrNO2. The molecule has 98 valence electrons. The van der Waals surface area contributed by atoms with Crippen molar-refractivity contribution in [3.63, 3.8) is 0 Å². The van der Waals surface area contributed by atoms with Gasteiger partial charge in [-0.3, -0.25) is 4.79 Å². The first-order chi connectivity index (χ1) is 8.79. The molecule has 1 amide bonds. The van der Waals surface area contributed by atoms with Gasteiger partial charge in [0.15, 0.2) is 0 Å². The predicted octanol–water partition coefficient (Wildman–Crippen LogP) is 3.34. The van der Waals surface area contributed by atoms with Gasteiger partial charge in [-0.25, -0.2) is 0 Å². The van der Waals surface area contributed by atoms with E-state index in [9.17, 15) is 4.79 Å². The molecule has 0 atom stereocenters. The van der Waals surface area contributed by atoms with Gasteiger partial charge in [0.25, 0.3) is 5.91 Å². The summed E-state index contributed by atoms with van der Waals surface area (Å²) in [6.45, 7) is 0.804. The number of halogens is 1. The van der Waals surface area contributed by atoms with Gasteiger partial charge < -0.3 is 10.1 Å². The minimum Gasteiger partial charge on any atom is -0.482 e. The lowest BCUT2D eigenvalue weighted by Gasteiger charge is -2.10. The molecule has 1 N–H and O–H groups in total. The Morgan fingerprint density at radius 1 is 1.28 bits per heavy atom. The monoisotopic (exact) mass is 311 g/mol. The molecule has 18 heavy (non-hydrogen) atoms. The van der Waals surface area contributed by atoms with Crippen LogP contribution in [0.4, 0.5) is 0 Å². The highest BCUT2D eigenvalue weighted by Gasteiger charge is 2.16. The molecule has 0 unspecified atom stereocenters. The van der Waals surface area contributed by atoms with Crippen molar-refractivity contribution in [1.82, 2.24) is 5.32 Å². The van der Waals surface area contributed by atoms with Crippen LogP contribution in [0.2, 0.25) is 0 Å². The van der Waals surface area contributed by atoms with Crippen LogP contribution in [0.5, 0.6) is 5.75 Å². The van der Waals surface area contributed by atoms with E-state index < -0.39 is 0 Å². The maximum atomic E-state index is 11.9. The third kappa shape index (κ3) is 3.73. The summed E-state index contributed by atoms with van der Waals surface area (Å²) in [5, 5.41) is 3.00. The van der Waals surface area contributed by atoms with Crippen LogP contribution >= 0.6 is 15.9 Å². The number of carbonyl (C=O) groups is 1. The average Bonchev–Trinajstić information content (AvgIpc) is 2.90. The van der Waals surface area contributed by atoms with Crippen molar-refractivity contribution in [2.24, 2.45) is 5.92 Å². The molecule has 1 aromatic carbocycles. The lowest BCUT2D eigenvalue weighted by molar-refractivity contribution is 0.0947. The van der Waals surface area contributed by atoms with E-state index in [0.717, 1.165) is 12.3 Å². The molecule has 1 saturated carbocycles. The average molecular weight is 312 g/mol. The number of carbonyl (C=O) groups excluding carboxylic acids is 1. The first-order valence-corrected chi connectivity index (χ1v) is 7.49. The Balaban J connectivity index is 1.83. The van der Waals surface area contributed by atoms with E-state index in [1.165, 1.54) is 25.7 Å². The summed E-state index contributed by atoms with van der Waals surface area (Å²) in [6.07, 6.45) is 5.11. The highest BCUT2D eigenvalue weighted by atomic mass is 79.9. The van der Waals surface area contributed by atoms with Gasteiger partial charge >= 0.3 is 0 Å². The highest BCUT2D eigenvalue weighted by molar-refractivity contribution is 9.09. The summed E-state index contributed by atoms with van der Waals surface area (Å²) in [4.78, 5) is 11.9. The van der Waals surface area contributed by atoms with E-state index >= 15 is 0 Å². The number of benzene rings is 1.